The summed E-state index contributed by atoms with van der Waals surface area (Å²) in [5.41, 5.74) is 0.909. The summed E-state index contributed by atoms with van der Waals surface area (Å²) in [7, 11) is 0. The van der Waals surface area contributed by atoms with Crippen molar-refractivity contribution in [2.45, 2.75) is 26.9 Å². The Morgan fingerprint density at radius 1 is 1.67 bits per heavy atom. The van der Waals surface area contributed by atoms with Crippen LogP contribution in [0.15, 0.2) is 5.16 Å². The number of rotatable bonds is 3. The van der Waals surface area contributed by atoms with Crippen LogP contribution in [0.25, 0.3) is 0 Å². The summed E-state index contributed by atoms with van der Waals surface area (Å²) >= 11 is 5.44. The molecular formula is C6H12ClNO. The van der Waals surface area contributed by atoms with E-state index in [1.54, 1.807) is 0 Å². The summed E-state index contributed by atoms with van der Waals surface area (Å²) in [6.45, 7) is 5.63. The molecule has 0 radical (unpaired) electrons. The topological polar surface area (TPSA) is 21.6 Å². The molecule has 0 spiro atoms. The largest absolute Gasteiger partial charge is 0.392 e. The minimum absolute atomic E-state index is 0.0153. The second-order valence-electron chi connectivity index (χ2n) is 2.11. The number of hydrogen-bond acceptors (Lipinski definition) is 2. The summed E-state index contributed by atoms with van der Waals surface area (Å²) in [6, 6.07) is 0. The standard InChI is InChI=1S/C6H12ClNO/c1-5(2)8-9-6(3)4-7/h6H,4H2,1-3H3. The van der Waals surface area contributed by atoms with Crippen LogP contribution < -0.4 is 0 Å². The zero-order chi connectivity index (χ0) is 7.28. The Balaban J connectivity index is 3.37. The molecule has 1 atom stereocenters. The lowest BCUT2D eigenvalue weighted by atomic mass is 10.5. The molecule has 0 heterocycles. The van der Waals surface area contributed by atoms with Gasteiger partial charge in [-0.15, -0.1) is 11.6 Å². The molecule has 0 bridgehead atoms. The summed E-state index contributed by atoms with van der Waals surface area (Å²) in [5.74, 6) is 0.483. The highest BCUT2D eigenvalue weighted by molar-refractivity contribution is 6.18. The van der Waals surface area contributed by atoms with Crippen molar-refractivity contribution in [1.82, 2.24) is 0 Å². The molecule has 0 amide bonds. The number of hydrogen-bond donors (Lipinski definition) is 0. The van der Waals surface area contributed by atoms with Crippen molar-refractivity contribution in [3.63, 3.8) is 0 Å². The molecule has 0 aliphatic rings. The number of alkyl halides is 1. The molecule has 2 nitrogen and oxygen atoms in total. The maximum Gasteiger partial charge on any atom is 0.138 e. The average Bonchev–Trinajstić information content (AvgIpc) is 1.83. The molecular weight excluding hydrogens is 138 g/mol. The SMILES string of the molecule is CC(C)=NOC(C)CCl. The van der Waals surface area contributed by atoms with E-state index < -0.39 is 0 Å². The number of oxime groups is 1. The number of halogens is 1. The Labute approximate surface area is 60.8 Å². The van der Waals surface area contributed by atoms with Gasteiger partial charge in [-0.05, 0) is 20.8 Å². The molecule has 3 heteroatoms. The van der Waals surface area contributed by atoms with E-state index in [0.717, 1.165) is 5.71 Å². The smallest absolute Gasteiger partial charge is 0.138 e. The van der Waals surface area contributed by atoms with Crippen LogP contribution in [0.1, 0.15) is 20.8 Å². The highest BCUT2D eigenvalue weighted by Crippen LogP contribution is 1.93. The summed E-state index contributed by atoms with van der Waals surface area (Å²) in [4.78, 5) is 4.91. The Morgan fingerprint density at radius 2 is 2.22 bits per heavy atom. The fourth-order valence-corrected chi connectivity index (χ4v) is 0.280. The van der Waals surface area contributed by atoms with E-state index in [0.29, 0.717) is 5.88 Å². The maximum atomic E-state index is 5.44. The van der Waals surface area contributed by atoms with E-state index >= 15 is 0 Å². The van der Waals surface area contributed by atoms with Gasteiger partial charge in [-0.2, -0.15) is 0 Å². The van der Waals surface area contributed by atoms with Crippen molar-refractivity contribution >= 4 is 17.3 Å². The third kappa shape index (κ3) is 5.63. The normalized spacial score (nSPS) is 12.4. The van der Waals surface area contributed by atoms with Crippen molar-refractivity contribution in [2.75, 3.05) is 5.88 Å². The van der Waals surface area contributed by atoms with Gasteiger partial charge in [0.05, 0.1) is 11.6 Å². The Kier molecular flexibility index (Phi) is 4.50. The van der Waals surface area contributed by atoms with Crippen LogP contribution in [0.2, 0.25) is 0 Å². The van der Waals surface area contributed by atoms with Crippen molar-refractivity contribution in [3.05, 3.63) is 0 Å². The monoisotopic (exact) mass is 149 g/mol. The van der Waals surface area contributed by atoms with Gasteiger partial charge in [0.25, 0.3) is 0 Å². The van der Waals surface area contributed by atoms with E-state index in [9.17, 15) is 0 Å². The molecule has 0 rings (SSSR count). The van der Waals surface area contributed by atoms with Gasteiger partial charge in [-0.25, -0.2) is 0 Å². The van der Waals surface area contributed by atoms with Crippen LogP contribution in [-0.4, -0.2) is 17.7 Å². The molecule has 0 saturated heterocycles. The second kappa shape index (κ2) is 4.62. The molecule has 0 aromatic heterocycles. The molecule has 0 aromatic carbocycles. The molecule has 0 fully saturated rings. The lowest BCUT2D eigenvalue weighted by molar-refractivity contribution is 0.0880. The molecule has 0 aliphatic carbocycles. The predicted molar refractivity (Wildman–Crippen MR) is 40.1 cm³/mol. The lowest BCUT2D eigenvalue weighted by Gasteiger charge is -2.03. The number of nitrogens with zero attached hydrogens (tertiary/aromatic N) is 1. The van der Waals surface area contributed by atoms with E-state index in [2.05, 4.69) is 5.16 Å². The van der Waals surface area contributed by atoms with E-state index in [4.69, 9.17) is 16.4 Å². The van der Waals surface area contributed by atoms with Crippen molar-refractivity contribution in [3.8, 4) is 0 Å². The summed E-state index contributed by atoms with van der Waals surface area (Å²) < 4.78 is 0. The first-order chi connectivity index (χ1) is 4.16. The fourth-order valence-electron chi connectivity index (χ4n) is 0.224. The van der Waals surface area contributed by atoms with Crippen LogP contribution in [0.5, 0.6) is 0 Å². The highest BCUT2D eigenvalue weighted by atomic mass is 35.5. The molecule has 0 aliphatic heterocycles. The Bertz CT molecular complexity index is 99.2. The van der Waals surface area contributed by atoms with Gasteiger partial charge < -0.3 is 4.84 Å². The first-order valence-electron chi connectivity index (χ1n) is 2.89. The third-order valence-corrected chi connectivity index (χ3v) is 1.07. The zero-order valence-corrected chi connectivity index (χ0v) is 6.77. The van der Waals surface area contributed by atoms with Crippen LogP contribution in [0, 0.1) is 0 Å². The average molecular weight is 150 g/mol. The zero-order valence-electron chi connectivity index (χ0n) is 6.02. The van der Waals surface area contributed by atoms with Gasteiger partial charge in [0, 0.05) is 0 Å². The summed E-state index contributed by atoms with van der Waals surface area (Å²) in [6.07, 6.45) is 0.0153. The minimum Gasteiger partial charge on any atom is -0.392 e. The van der Waals surface area contributed by atoms with Crippen LogP contribution >= 0.6 is 11.6 Å². The molecule has 0 N–H and O–H groups in total. The Hall–Kier alpha value is -0.240. The van der Waals surface area contributed by atoms with Crippen LogP contribution in [0.3, 0.4) is 0 Å². The van der Waals surface area contributed by atoms with Crippen molar-refractivity contribution in [1.29, 1.82) is 0 Å². The van der Waals surface area contributed by atoms with Gasteiger partial charge in [0.15, 0.2) is 0 Å². The quantitative estimate of drug-likeness (QED) is 0.342. The van der Waals surface area contributed by atoms with Crippen LogP contribution in [-0.2, 0) is 4.84 Å². The minimum atomic E-state index is 0.0153. The van der Waals surface area contributed by atoms with Gasteiger partial charge in [0.2, 0.25) is 0 Å². The third-order valence-electron chi connectivity index (χ3n) is 0.633. The lowest BCUT2D eigenvalue weighted by Crippen LogP contribution is -2.05. The van der Waals surface area contributed by atoms with Gasteiger partial charge >= 0.3 is 0 Å². The first-order valence-corrected chi connectivity index (χ1v) is 3.43. The Morgan fingerprint density at radius 3 is 2.56 bits per heavy atom. The van der Waals surface area contributed by atoms with E-state index in [1.165, 1.54) is 0 Å². The molecule has 54 valence electrons. The van der Waals surface area contributed by atoms with Gasteiger partial charge in [0.1, 0.15) is 6.10 Å². The molecule has 0 saturated carbocycles. The molecule has 1 unspecified atom stereocenters. The fraction of sp³-hybridized carbons (Fsp3) is 0.833. The molecule has 0 aromatic rings. The van der Waals surface area contributed by atoms with Crippen molar-refractivity contribution in [2.24, 2.45) is 5.16 Å². The molecule has 9 heavy (non-hydrogen) atoms. The van der Waals surface area contributed by atoms with Gasteiger partial charge in [-0.1, -0.05) is 5.16 Å². The van der Waals surface area contributed by atoms with Gasteiger partial charge in [-0.3, -0.25) is 0 Å². The summed E-state index contributed by atoms with van der Waals surface area (Å²) in [5, 5.41) is 3.73. The first kappa shape index (κ1) is 8.76. The van der Waals surface area contributed by atoms with Crippen molar-refractivity contribution < 1.29 is 4.84 Å². The van der Waals surface area contributed by atoms with E-state index in [-0.39, 0.29) is 6.10 Å². The highest BCUT2D eigenvalue weighted by Gasteiger charge is 1.96. The maximum absolute atomic E-state index is 5.44. The predicted octanol–water partition coefficient (Wildman–Crippen LogP) is 2.03. The van der Waals surface area contributed by atoms with E-state index in [1.807, 2.05) is 20.8 Å². The van der Waals surface area contributed by atoms with Crippen LogP contribution in [0.4, 0.5) is 0 Å². The second-order valence-corrected chi connectivity index (χ2v) is 2.42.